The molecule has 2 aliphatic carbocycles. The second-order valence-electron chi connectivity index (χ2n) is 7.28. The summed E-state index contributed by atoms with van der Waals surface area (Å²) in [4.78, 5) is 2.49. The van der Waals surface area contributed by atoms with Gasteiger partial charge in [0.15, 0.2) is 0 Å². The Morgan fingerprint density at radius 2 is 1.90 bits per heavy atom. The summed E-state index contributed by atoms with van der Waals surface area (Å²) in [7, 11) is 2.25. The third-order valence-corrected chi connectivity index (χ3v) is 5.24. The first-order chi connectivity index (χ1) is 10.1. The molecule has 0 aliphatic heterocycles. The van der Waals surface area contributed by atoms with Crippen LogP contribution in [0.4, 0.5) is 0 Å². The fraction of sp³-hybridized carbons (Fsp3) is 0.778. The van der Waals surface area contributed by atoms with E-state index >= 15 is 0 Å². The summed E-state index contributed by atoms with van der Waals surface area (Å²) in [6.45, 7) is 6.38. The molecule has 118 valence electrons. The molecule has 0 aromatic carbocycles. The first-order valence-corrected chi connectivity index (χ1v) is 8.63. The maximum Gasteiger partial charge on any atom is 0.118 e. The van der Waals surface area contributed by atoms with Crippen LogP contribution in [0.2, 0.25) is 0 Å². The van der Waals surface area contributed by atoms with Gasteiger partial charge < -0.3 is 9.73 Å². The molecule has 1 aromatic heterocycles. The number of nitrogens with zero attached hydrogens (tertiary/aromatic N) is 1. The zero-order chi connectivity index (χ0) is 14.8. The van der Waals surface area contributed by atoms with Crippen molar-refractivity contribution >= 4 is 0 Å². The van der Waals surface area contributed by atoms with Gasteiger partial charge in [-0.2, -0.15) is 0 Å². The van der Waals surface area contributed by atoms with Crippen molar-refractivity contribution in [2.75, 3.05) is 7.05 Å². The number of aryl methyl sites for hydroxylation is 1. The molecule has 0 unspecified atom stereocenters. The smallest absolute Gasteiger partial charge is 0.118 e. The van der Waals surface area contributed by atoms with Gasteiger partial charge >= 0.3 is 0 Å². The minimum absolute atomic E-state index is 0.736. The summed E-state index contributed by atoms with van der Waals surface area (Å²) >= 11 is 0. The summed E-state index contributed by atoms with van der Waals surface area (Å²) < 4.78 is 5.97. The molecule has 1 aromatic rings. The molecular formula is C18H30N2O. The second-order valence-corrected chi connectivity index (χ2v) is 7.28. The number of furan rings is 1. The van der Waals surface area contributed by atoms with Gasteiger partial charge in [0.1, 0.15) is 11.5 Å². The Labute approximate surface area is 129 Å². The van der Waals surface area contributed by atoms with E-state index in [9.17, 15) is 0 Å². The molecule has 0 amide bonds. The summed E-state index contributed by atoms with van der Waals surface area (Å²) in [6, 6.07) is 3.75. The molecule has 3 heteroatoms. The number of hydrogen-bond acceptors (Lipinski definition) is 3. The van der Waals surface area contributed by atoms with Gasteiger partial charge in [0, 0.05) is 24.2 Å². The molecule has 2 fully saturated rings. The van der Waals surface area contributed by atoms with Crippen LogP contribution in [0.1, 0.15) is 62.5 Å². The van der Waals surface area contributed by atoms with Gasteiger partial charge in [-0.3, -0.25) is 4.90 Å². The maximum atomic E-state index is 5.97. The Morgan fingerprint density at radius 3 is 2.57 bits per heavy atom. The van der Waals surface area contributed by atoms with Gasteiger partial charge in [-0.25, -0.2) is 0 Å². The molecule has 0 spiro atoms. The minimum atomic E-state index is 0.736. The van der Waals surface area contributed by atoms with E-state index in [1.54, 1.807) is 0 Å². The van der Waals surface area contributed by atoms with Gasteiger partial charge in [-0.05, 0) is 64.5 Å². The Morgan fingerprint density at radius 1 is 1.19 bits per heavy atom. The Kier molecular flexibility index (Phi) is 4.70. The normalized spacial score (nSPS) is 26.5. The number of hydrogen-bond donors (Lipinski definition) is 1. The van der Waals surface area contributed by atoms with E-state index in [1.165, 1.54) is 44.1 Å². The van der Waals surface area contributed by atoms with Gasteiger partial charge in [0.05, 0.1) is 6.54 Å². The number of rotatable bonds is 6. The van der Waals surface area contributed by atoms with Crippen LogP contribution in [0.25, 0.3) is 0 Å². The van der Waals surface area contributed by atoms with Crippen LogP contribution < -0.4 is 5.32 Å². The van der Waals surface area contributed by atoms with Crippen molar-refractivity contribution in [2.45, 2.75) is 77.5 Å². The van der Waals surface area contributed by atoms with Crippen LogP contribution in [-0.4, -0.2) is 24.0 Å². The monoisotopic (exact) mass is 290 g/mol. The summed E-state index contributed by atoms with van der Waals surface area (Å²) in [5.74, 6) is 3.13. The van der Waals surface area contributed by atoms with Crippen molar-refractivity contribution in [2.24, 2.45) is 5.92 Å². The average Bonchev–Trinajstić information content (AvgIpc) is 3.22. The summed E-state index contributed by atoms with van der Waals surface area (Å²) in [5, 5.41) is 3.57. The molecule has 2 aliphatic rings. The zero-order valence-electron chi connectivity index (χ0n) is 13.8. The predicted octanol–water partition coefficient (Wildman–Crippen LogP) is 3.85. The van der Waals surface area contributed by atoms with E-state index in [2.05, 4.69) is 37.2 Å². The molecule has 0 atom stereocenters. The SMILES string of the molecule is Cc1oc(CN(C)C2CCC(C)CC2)cc1CNC1CC1. The fourth-order valence-electron chi connectivity index (χ4n) is 3.44. The molecule has 0 radical (unpaired) electrons. The Bertz CT molecular complexity index is 456. The molecule has 1 N–H and O–H groups in total. The Hall–Kier alpha value is -0.800. The van der Waals surface area contributed by atoms with Crippen molar-refractivity contribution in [1.82, 2.24) is 10.2 Å². The summed E-state index contributed by atoms with van der Waals surface area (Å²) in [5.41, 5.74) is 1.34. The van der Waals surface area contributed by atoms with Gasteiger partial charge in [-0.15, -0.1) is 0 Å². The van der Waals surface area contributed by atoms with Crippen molar-refractivity contribution in [3.05, 3.63) is 23.2 Å². The van der Waals surface area contributed by atoms with Crippen LogP contribution in [0.5, 0.6) is 0 Å². The van der Waals surface area contributed by atoms with Crippen molar-refractivity contribution in [3.8, 4) is 0 Å². The lowest BCUT2D eigenvalue weighted by Gasteiger charge is -2.33. The maximum absolute atomic E-state index is 5.97. The first kappa shape index (κ1) is 15.1. The topological polar surface area (TPSA) is 28.4 Å². The van der Waals surface area contributed by atoms with Crippen LogP contribution in [0, 0.1) is 12.8 Å². The van der Waals surface area contributed by atoms with Crippen molar-refractivity contribution in [3.63, 3.8) is 0 Å². The molecule has 3 nitrogen and oxygen atoms in total. The molecule has 0 saturated heterocycles. The van der Waals surface area contributed by atoms with Crippen LogP contribution >= 0.6 is 0 Å². The second kappa shape index (κ2) is 6.53. The number of nitrogens with one attached hydrogen (secondary N) is 1. The highest BCUT2D eigenvalue weighted by molar-refractivity contribution is 5.21. The van der Waals surface area contributed by atoms with Crippen LogP contribution in [0.3, 0.4) is 0 Å². The zero-order valence-corrected chi connectivity index (χ0v) is 13.8. The largest absolute Gasteiger partial charge is 0.465 e. The molecule has 1 heterocycles. The molecule has 0 bridgehead atoms. The summed E-state index contributed by atoms with van der Waals surface area (Å²) in [6.07, 6.45) is 8.12. The highest BCUT2D eigenvalue weighted by Gasteiger charge is 2.23. The van der Waals surface area contributed by atoms with E-state index in [0.717, 1.165) is 42.6 Å². The Balaban J connectivity index is 1.52. The van der Waals surface area contributed by atoms with Crippen LogP contribution in [-0.2, 0) is 13.1 Å². The molecule has 2 saturated carbocycles. The van der Waals surface area contributed by atoms with Crippen molar-refractivity contribution in [1.29, 1.82) is 0 Å². The highest BCUT2D eigenvalue weighted by Crippen LogP contribution is 2.28. The molecule has 3 rings (SSSR count). The third kappa shape index (κ3) is 4.10. The third-order valence-electron chi connectivity index (χ3n) is 5.24. The fourth-order valence-corrected chi connectivity index (χ4v) is 3.44. The average molecular weight is 290 g/mol. The molecule has 21 heavy (non-hydrogen) atoms. The van der Waals surface area contributed by atoms with Gasteiger partial charge in [0.25, 0.3) is 0 Å². The molecular weight excluding hydrogens is 260 g/mol. The lowest BCUT2D eigenvalue weighted by atomic mass is 9.87. The standard InChI is InChI=1S/C18H30N2O/c1-13-4-8-17(9-5-13)20(3)12-18-10-15(14(2)21-18)11-19-16-6-7-16/h10,13,16-17,19H,4-9,11-12H2,1-3H3. The lowest BCUT2D eigenvalue weighted by molar-refractivity contribution is 0.154. The van der Waals surface area contributed by atoms with Gasteiger partial charge in [0.2, 0.25) is 0 Å². The van der Waals surface area contributed by atoms with E-state index in [-0.39, 0.29) is 0 Å². The highest BCUT2D eigenvalue weighted by atomic mass is 16.3. The van der Waals surface area contributed by atoms with E-state index in [0.29, 0.717) is 0 Å². The lowest BCUT2D eigenvalue weighted by Crippen LogP contribution is -2.34. The first-order valence-electron chi connectivity index (χ1n) is 8.63. The van der Waals surface area contributed by atoms with Crippen LogP contribution in [0.15, 0.2) is 10.5 Å². The van der Waals surface area contributed by atoms with E-state index in [1.807, 2.05) is 0 Å². The predicted molar refractivity (Wildman–Crippen MR) is 86.2 cm³/mol. The minimum Gasteiger partial charge on any atom is -0.465 e. The van der Waals surface area contributed by atoms with Gasteiger partial charge in [-0.1, -0.05) is 6.92 Å². The van der Waals surface area contributed by atoms with E-state index in [4.69, 9.17) is 4.42 Å². The van der Waals surface area contributed by atoms with Crippen molar-refractivity contribution < 1.29 is 4.42 Å². The van der Waals surface area contributed by atoms with E-state index < -0.39 is 0 Å². The quantitative estimate of drug-likeness (QED) is 0.862.